The first kappa shape index (κ1) is 21.4. The summed E-state index contributed by atoms with van der Waals surface area (Å²) in [5.74, 6) is -0.416. The van der Waals surface area contributed by atoms with E-state index in [1.165, 1.54) is 17.4 Å². The summed E-state index contributed by atoms with van der Waals surface area (Å²) in [6.45, 7) is 0.966. The standard InChI is InChI=1S/C20H18F3N7O2S/c1-32-12-2-3-13-14(10-12)33-19(24-13)25-17(31)11-6-8-29(9-7-11)16-5-4-15-26-27-18(20(21,22)23)30(15)28-16/h2-5,10-11H,6-9H2,1H3,(H,24,25,31). The van der Waals surface area contributed by atoms with Crippen LogP contribution in [-0.2, 0) is 11.0 Å². The third-order valence-electron chi connectivity index (χ3n) is 5.52. The Balaban J connectivity index is 1.25. The Bertz CT molecular complexity index is 1330. The van der Waals surface area contributed by atoms with Gasteiger partial charge in [-0.2, -0.15) is 17.7 Å². The van der Waals surface area contributed by atoms with Gasteiger partial charge in [0.1, 0.15) is 11.6 Å². The maximum absolute atomic E-state index is 13.1. The van der Waals surface area contributed by atoms with E-state index in [2.05, 4.69) is 25.6 Å². The summed E-state index contributed by atoms with van der Waals surface area (Å²) < 4.78 is 46.2. The Labute approximate surface area is 189 Å². The van der Waals surface area contributed by atoms with Crippen molar-refractivity contribution in [1.29, 1.82) is 0 Å². The topological polar surface area (TPSA) is 97.5 Å². The molecule has 1 aliphatic rings. The fraction of sp³-hybridized carbons (Fsp3) is 0.350. The normalized spacial score (nSPS) is 15.3. The molecule has 1 aromatic carbocycles. The zero-order valence-electron chi connectivity index (χ0n) is 17.3. The van der Waals surface area contributed by atoms with Gasteiger partial charge in [-0.25, -0.2) is 4.98 Å². The summed E-state index contributed by atoms with van der Waals surface area (Å²) >= 11 is 1.37. The van der Waals surface area contributed by atoms with Crippen molar-refractivity contribution in [3.63, 3.8) is 0 Å². The number of methoxy groups -OCH3 is 1. The van der Waals surface area contributed by atoms with Gasteiger partial charge in [0.15, 0.2) is 10.8 Å². The van der Waals surface area contributed by atoms with Crippen LogP contribution in [0.25, 0.3) is 15.9 Å². The average Bonchev–Trinajstić information content (AvgIpc) is 3.41. The maximum Gasteiger partial charge on any atom is 0.453 e. The molecule has 0 atom stereocenters. The predicted octanol–water partition coefficient (Wildman–Crippen LogP) is 3.62. The van der Waals surface area contributed by atoms with Crippen LogP contribution in [-0.4, -0.2) is 50.9 Å². The molecule has 3 aromatic heterocycles. The molecule has 33 heavy (non-hydrogen) atoms. The molecule has 1 fully saturated rings. The number of hydrogen-bond donors (Lipinski definition) is 1. The van der Waals surface area contributed by atoms with Gasteiger partial charge in [0.05, 0.1) is 17.3 Å². The van der Waals surface area contributed by atoms with Crippen molar-refractivity contribution in [1.82, 2.24) is 24.8 Å². The van der Waals surface area contributed by atoms with Gasteiger partial charge in [-0.1, -0.05) is 11.3 Å². The lowest BCUT2D eigenvalue weighted by atomic mass is 9.96. The highest BCUT2D eigenvalue weighted by molar-refractivity contribution is 7.22. The zero-order valence-corrected chi connectivity index (χ0v) is 18.2. The van der Waals surface area contributed by atoms with Gasteiger partial charge in [-0.3, -0.25) is 4.79 Å². The van der Waals surface area contributed by atoms with Crippen LogP contribution in [0.5, 0.6) is 5.75 Å². The number of fused-ring (bicyclic) bond motifs is 2. The van der Waals surface area contributed by atoms with E-state index in [-0.39, 0.29) is 17.5 Å². The number of carbonyl (C=O) groups excluding carboxylic acids is 1. The SMILES string of the molecule is COc1ccc2nc(NC(=O)C3CCN(c4ccc5nnc(C(F)(F)F)n5n4)CC3)sc2c1. The van der Waals surface area contributed by atoms with Crippen LogP contribution in [0.2, 0.25) is 0 Å². The van der Waals surface area contributed by atoms with Crippen molar-refractivity contribution in [2.24, 2.45) is 5.92 Å². The molecular formula is C20H18F3N7O2S. The van der Waals surface area contributed by atoms with E-state index < -0.39 is 12.0 Å². The molecular weight excluding hydrogens is 459 g/mol. The molecule has 0 bridgehead atoms. The van der Waals surface area contributed by atoms with E-state index in [1.807, 2.05) is 23.1 Å². The lowest BCUT2D eigenvalue weighted by Gasteiger charge is -2.31. The van der Waals surface area contributed by atoms with Crippen molar-refractivity contribution in [2.45, 2.75) is 19.0 Å². The first-order valence-corrected chi connectivity index (χ1v) is 10.9. The van der Waals surface area contributed by atoms with Gasteiger partial charge in [0.25, 0.3) is 5.82 Å². The number of piperidine rings is 1. The number of benzene rings is 1. The second-order valence-electron chi connectivity index (χ2n) is 7.59. The van der Waals surface area contributed by atoms with Crippen LogP contribution < -0.4 is 15.0 Å². The highest BCUT2D eigenvalue weighted by Gasteiger charge is 2.38. The van der Waals surface area contributed by atoms with Crippen LogP contribution in [0.1, 0.15) is 18.7 Å². The summed E-state index contributed by atoms with van der Waals surface area (Å²) in [5, 5.41) is 14.2. The van der Waals surface area contributed by atoms with Gasteiger partial charge in [0.2, 0.25) is 5.91 Å². The lowest BCUT2D eigenvalue weighted by molar-refractivity contribution is -0.146. The predicted molar refractivity (Wildman–Crippen MR) is 116 cm³/mol. The van der Waals surface area contributed by atoms with E-state index >= 15 is 0 Å². The minimum Gasteiger partial charge on any atom is -0.497 e. The van der Waals surface area contributed by atoms with E-state index in [0.717, 1.165) is 16.0 Å². The molecule has 13 heteroatoms. The fourth-order valence-electron chi connectivity index (χ4n) is 3.79. The lowest BCUT2D eigenvalue weighted by Crippen LogP contribution is -2.38. The minimum atomic E-state index is -4.65. The van der Waals surface area contributed by atoms with Crippen LogP contribution in [0.4, 0.5) is 24.1 Å². The molecule has 172 valence electrons. The Morgan fingerprint density at radius 3 is 2.70 bits per heavy atom. The number of nitrogens with one attached hydrogen (secondary N) is 1. The molecule has 5 rings (SSSR count). The molecule has 9 nitrogen and oxygen atoms in total. The van der Waals surface area contributed by atoms with Gasteiger partial charge >= 0.3 is 6.18 Å². The smallest absolute Gasteiger partial charge is 0.453 e. The zero-order chi connectivity index (χ0) is 23.2. The molecule has 4 aromatic rings. The maximum atomic E-state index is 13.1. The first-order valence-electron chi connectivity index (χ1n) is 10.1. The fourth-order valence-corrected chi connectivity index (χ4v) is 4.69. The average molecular weight is 477 g/mol. The molecule has 0 aliphatic carbocycles. The molecule has 0 radical (unpaired) electrons. The number of anilines is 2. The summed E-state index contributed by atoms with van der Waals surface area (Å²) in [6.07, 6.45) is -3.57. The number of amides is 1. The largest absolute Gasteiger partial charge is 0.497 e. The second-order valence-corrected chi connectivity index (χ2v) is 8.62. The summed E-state index contributed by atoms with van der Waals surface area (Å²) in [4.78, 5) is 19.1. The molecule has 1 amide bonds. The molecule has 4 heterocycles. The number of halogens is 3. The molecule has 0 saturated carbocycles. The Kier molecular flexibility index (Phi) is 5.27. The quantitative estimate of drug-likeness (QED) is 0.480. The van der Waals surface area contributed by atoms with E-state index in [0.29, 0.717) is 41.4 Å². The van der Waals surface area contributed by atoms with E-state index in [1.54, 1.807) is 13.2 Å². The van der Waals surface area contributed by atoms with Crippen LogP contribution in [0.15, 0.2) is 30.3 Å². The number of nitrogens with zero attached hydrogens (tertiary/aromatic N) is 6. The van der Waals surface area contributed by atoms with Crippen molar-refractivity contribution in [2.75, 3.05) is 30.4 Å². The monoisotopic (exact) mass is 477 g/mol. The number of ether oxygens (including phenoxy) is 1. The van der Waals surface area contributed by atoms with Gasteiger partial charge in [0, 0.05) is 19.0 Å². The van der Waals surface area contributed by atoms with E-state index in [9.17, 15) is 18.0 Å². The summed E-state index contributed by atoms with van der Waals surface area (Å²) in [7, 11) is 1.59. The molecule has 0 unspecified atom stereocenters. The highest BCUT2D eigenvalue weighted by atomic mass is 32.1. The van der Waals surface area contributed by atoms with Gasteiger partial charge < -0.3 is 15.0 Å². The van der Waals surface area contributed by atoms with Crippen molar-refractivity contribution >= 4 is 44.1 Å². The number of hydrogen-bond acceptors (Lipinski definition) is 8. The molecule has 1 saturated heterocycles. The number of alkyl halides is 3. The third kappa shape index (κ3) is 4.15. The van der Waals surface area contributed by atoms with Crippen molar-refractivity contribution < 1.29 is 22.7 Å². The highest BCUT2D eigenvalue weighted by Crippen LogP contribution is 2.31. The Morgan fingerprint density at radius 1 is 1.18 bits per heavy atom. The first-order chi connectivity index (χ1) is 15.8. The number of rotatable bonds is 4. The minimum absolute atomic E-state index is 0.0220. The van der Waals surface area contributed by atoms with Crippen molar-refractivity contribution in [3.8, 4) is 5.75 Å². The van der Waals surface area contributed by atoms with Crippen molar-refractivity contribution in [3.05, 3.63) is 36.2 Å². The summed E-state index contributed by atoms with van der Waals surface area (Å²) in [5.41, 5.74) is 0.799. The molecule has 1 aliphatic heterocycles. The van der Waals surface area contributed by atoms with Gasteiger partial charge in [-0.05, 0) is 43.2 Å². The third-order valence-corrected chi connectivity index (χ3v) is 6.45. The number of aromatic nitrogens is 5. The van der Waals surface area contributed by atoms with E-state index in [4.69, 9.17) is 4.74 Å². The summed E-state index contributed by atoms with van der Waals surface area (Å²) in [6, 6.07) is 8.57. The second kappa shape index (κ2) is 8.14. The Morgan fingerprint density at radius 2 is 1.97 bits per heavy atom. The number of thiazole rings is 1. The van der Waals surface area contributed by atoms with Gasteiger partial charge in [-0.15, -0.1) is 15.3 Å². The van der Waals surface area contributed by atoms with Crippen LogP contribution in [0.3, 0.4) is 0 Å². The molecule has 0 spiro atoms. The van der Waals surface area contributed by atoms with Crippen LogP contribution >= 0.6 is 11.3 Å². The Hall–Kier alpha value is -3.48. The number of carbonyl (C=O) groups is 1. The van der Waals surface area contributed by atoms with Crippen LogP contribution in [0, 0.1) is 5.92 Å². The molecule has 1 N–H and O–H groups in total.